The van der Waals surface area contributed by atoms with E-state index >= 15 is 0 Å². The number of hydrogen-bond donors (Lipinski definition) is 5. The number of nitrogens with one attached hydrogen (secondary N) is 2. The van der Waals surface area contributed by atoms with E-state index in [2.05, 4.69) is 10.6 Å². The monoisotopic (exact) mass is 326 g/mol. The third kappa shape index (κ3) is 11.2. The van der Waals surface area contributed by atoms with Crippen molar-refractivity contribution in [3.8, 4) is 0 Å². The van der Waals surface area contributed by atoms with Crippen molar-refractivity contribution in [2.24, 2.45) is 0 Å². The Kier molecular flexibility index (Phi) is 9.82. The van der Waals surface area contributed by atoms with Gasteiger partial charge in [0.2, 0.25) is 5.91 Å². The number of rotatable bonds is 10. The molecule has 1 atom stereocenters. The van der Waals surface area contributed by atoms with E-state index in [9.17, 15) is 9.59 Å². The molecule has 0 aliphatic carbocycles. The van der Waals surface area contributed by atoms with Crippen LogP contribution in [0.25, 0.3) is 0 Å². The number of amides is 2. The van der Waals surface area contributed by atoms with Gasteiger partial charge in [0.1, 0.15) is 0 Å². The first kappa shape index (κ1) is 19.4. The van der Waals surface area contributed by atoms with E-state index in [4.69, 9.17) is 15.3 Å². The van der Waals surface area contributed by atoms with Crippen LogP contribution in [0.5, 0.6) is 0 Å². The maximum absolute atomic E-state index is 11.6. The van der Waals surface area contributed by atoms with Crippen LogP contribution in [-0.2, 0) is 4.79 Å². The first-order chi connectivity index (χ1) is 9.26. The molecule has 0 aliphatic rings. The minimum atomic E-state index is -1.04. The predicted molar refractivity (Wildman–Crippen MR) is 80.9 cm³/mol. The summed E-state index contributed by atoms with van der Waals surface area (Å²) in [5, 5.41) is 31.0. The molecule has 118 valence electrons. The van der Waals surface area contributed by atoms with Crippen molar-refractivity contribution in [2.75, 3.05) is 25.4 Å². The van der Waals surface area contributed by atoms with Crippen LogP contribution in [0, 0.1) is 0 Å². The van der Waals surface area contributed by atoms with Crippen LogP contribution in [0.3, 0.4) is 0 Å². The van der Waals surface area contributed by atoms with Crippen LogP contribution >= 0.6 is 21.6 Å². The maximum atomic E-state index is 11.6. The van der Waals surface area contributed by atoms with Crippen LogP contribution in [-0.4, -0.2) is 63.6 Å². The highest BCUT2D eigenvalue weighted by Gasteiger charge is 2.23. The molecule has 0 spiro atoms. The van der Waals surface area contributed by atoms with Crippen molar-refractivity contribution in [1.82, 2.24) is 10.6 Å². The van der Waals surface area contributed by atoms with E-state index in [-0.39, 0.29) is 30.2 Å². The first-order valence-corrected chi connectivity index (χ1v) is 8.42. The van der Waals surface area contributed by atoms with Gasteiger partial charge in [0.05, 0.1) is 12.7 Å². The van der Waals surface area contributed by atoms with Crippen molar-refractivity contribution in [1.29, 1.82) is 0 Å². The molecule has 0 fully saturated rings. The molecule has 0 aliphatic heterocycles. The van der Waals surface area contributed by atoms with Gasteiger partial charge in [-0.05, 0) is 13.8 Å². The predicted octanol–water partition coefficient (Wildman–Crippen LogP) is 0.274. The standard InChI is InChI=1S/C11H22N2O5S2/c1-11(2,20-19-4-3-12-10(17)18)5-9(16)13-6-8(15)7-14/h8,12,14-15H,3-7H2,1-2H3,(H,13,16)(H,17,18)/t8-/m1/s1. The SMILES string of the molecule is CC(C)(CC(=O)NC[C@@H](O)CO)SSCCNC(=O)O. The highest BCUT2D eigenvalue weighted by atomic mass is 33.1. The Balaban J connectivity index is 3.81. The van der Waals surface area contributed by atoms with E-state index < -0.39 is 12.2 Å². The molecule has 0 aromatic carbocycles. The quantitative estimate of drug-likeness (QED) is 0.289. The lowest BCUT2D eigenvalue weighted by atomic mass is 10.1. The zero-order valence-corrected chi connectivity index (χ0v) is 13.2. The lowest BCUT2D eigenvalue weighted by Crippen LogP contribution is -2.36. The van der Waals surface area contributed by atoms with Gasteiger partial charge in [0.25, 0.3) is 0 Å². The summed E-state index contributed by atoms with van der Waals surface area (Å²) in [4.78, 5) is 21.9. The van der Waals surface area contributed by atoms with Crippen LogP contribution < -0.4 is 10.6 Å². The Labute approximate surface area is 126 Å². The van der Waals surface area contributed by atoms with E-state index in [1.807, 2.05) is 13.8 Å². The number of aliphatic hydroxyl groups is 2. The fraction of sp³-hybridized carbons (Fsp3) is 0.818. The first-order valence-electron chi connectivity index (χ1n) is 6.10. The molecule has 0 saturated heterocycles. The highest BCUT2D eigenvalue weighted by molar-refractivity contribution is 8.77. The molecule has 5 N–H and O–H groups in total. The lowest BCUT2D eigenvalue weighted by molar-refractivity contribution is -0.122. The van der Waals surface area contributed by atoms with Crippen LogP contribution in [0.15, 0.2) is 0 Å². The average molecular weight is 326 g/mol. The zero-order chi connectivity index (χ0) is 15.6. The summed E-state index contributed by atoms with van der Waals surface area (Å²) in [5.74, 6) is 0.421. The second kappa shape index (κ2) is 10.1. The van der Waals surface area contributed by atoms with Gasteiger partial charge in [-0.2, -0.15) is 0 Å². The Bertz CT molecular complexity index is 315. The van der Waals surface area contributed by atoms with Gasteiger partial charge >= 0.3 is 6.09 Å². The molecule has 9 heteroatoms. The van der Waals surface area contributed by atoms with Crippen LogP contribution in [0.4, 0.5) is 4.79 Å². The normalized spacial score (nSPS) is 12.8. The van der Waals surface area contributed by atoms with E-state index in [1.165, 1.54) is 21.6 Å². The van der Waals surface area contributed by atoms with Gasteiger partial charge in [-0.3, -0.25) is 4.79 Å². The molecule has 0 saturated carbocycles. The van der Waals surface area contributed by atoms with E-state index in [0.29, 0.717) is 12.3 Å². The molecule has 0 aromatic heterocycles. The number of carbonyl (C=O) groups is 2. The summed E-state index contributed by atoms with van der Waals surface area (Å²) in [5.41, 5.74) is 0. The summed E-state index contributed by atoms with van der Waals surface area (Å²) >= 11 is 0. The molecular weight excluding hydrogens is 304 g/mol. The summed E-state index contributed by atoms with van der Waals surface area (Å²) in [6, 6.07) is 0. The molecule has 0 unspecified atom stereocenters. The minimum Gasteiger partial charge on any atom is -0.465 e. The Morgan fingerprint density at radius 1 is 1.30 bits per heavy atom. The second-order valence-electron chi connectivity index (χ2n) is 4.71. The van der Waals surface area contributed by atoms with Crippen molar-refractivity contribution < 1.29 is 24.9 Å². The van der Waals surface area contributed by atoms with Crippen molar-refractivity contribution in [3.63, 3.8) is 0 Å². The Hall–Kier alpha value is -0.640. The zero-order valence-electron chi connectivity index (χ0n) is 11.6. The number of hydrogen-bond acceptors (Lipinski definition) is 6. The number of carboxylic acid groups (broad SMARTS) is 1. The topological polar surface area (TPSA) is 119 Å². The van der Waals surface area contributed by atoms with Gasteiger partial charge in [-0.25, -0.2) is 4.79 Å². The fourth-order valence-electron chi connectivity index (χ4n) is 1.18. The van der Waals surface area contributed by atoms with Gasteiger partial charge in [-0.15, -0.1) is 0 Å². The van der Waals surface area contributed by atoms with Crippen molar-refractivity contribution >= 4 is 33.6 Å². The third-order valence-corrected chi connectivity index (χ3v) is 5.37. The minimum absolute atomic E-state index is 0.0335. The number of aliphatic hydroxyl groups excluding tert-OH is 2. The molecule has 7 nitrogen and oxygen atoms in total. The summed E-state index contributed by atoms with van der Waals surface area (Å²) in [6.45, 7) is 3.84. The smallest absolute Gasteiger partial charge is 0.404 e. The molecule has 0 heterocycles. The van der Waals surface area contributed by atoms with Crippen LogP contribution in [0.1, 0.15) is 20.3 Å². The summed E-state index contributed by atoms with van der Waals surface area (Å²) in [6.07, 6.45) is -1.71. The molecule has 0 radical (unpaired) electrons. The van der Waals surface area contributed by atoms with Gasteiger partial charge < -0.3 is 26.0 Å². The molecule has 0 aromatic rings. The second-order valence-corrected chi connectivity index (χ2v) is 7.84. The van der Waals surface area contributed by atoms with Gasteiger partial charge in [0.15, 0.2) is 0 Å². The molecule has 0 bridgehead atoms. The Morgan fingerprint density at radius 2 is 1.95 bits per heavy atom. The summed E-state index contributed by atoms with van der Waals surface area (Å²) in [7, 11) is 3.00. The van der Waals surface area contributed by atoms with Gasteiger partial charge in [-0.1, -0.05) is 21.6 Å². The highest BCUT2D eigenvalue weighted by Crippen LogP contribution is 2.37. The van der Waals surface area contributed by atoms with E-state index in [0.717, 1.165) is 0 Å². The third-order valence-electron chi connectivity index (χ3n) is 2.08. The molecular formula is C11H22N2O5S2. The Morgan fingerprint density at radius 3 is 2.50 bits per heavy atom. The molecule has 2 amide bonds. The van der Waals surface area contributed by atoms with Crippen molar-refractivity contribution in [2.45, 2.75) is 31.1 Å². The lowest BCUT2D eigenvalue weighted by Gasteiger charge is -2.22. The fourth-order valence-corrected chi connectivity index (χ4v) is 3.59. The van der Waals surface area contributed by atoms with Gasteiger partial charge in [0, 0.05) is 30.0 Å². The maximum Gasteiger partial charge on any atom is 0.404 e. The largest absolute Gasteiger partial charge is 0.465 e. The van der Waals surface area contributed by atoms with Crippen LogP contribution in [0.2, 0.25) is 0 Å². The molecule has 0 rings (SSSR count). The summed E-state index contributed by atoms with van der Waals surface area (Å²) < 4.78 is -0.303. The average Bonchev–Trinajstić information content (AvgIpc) is 2.34. The number of carbonyl (C=O) groups excluding carboxylic acids is 1. The molecule has 20 heavy (non-hydrogen) atoms. The van der Waals surface area contributed by atoms with Crippen molar-refractivity contribution in [3.05, 3.63) is 0 Å². The van der Waals surface area contributed by atoms with E-state index in [1.54, 1.807) is 0 Å².